The number of rotatable bonds is 2. The van der Waals surface area contributed by atoms with Gasteiger partial charge in [-0.05, 0) is 12.1 Å². The Hall–Kier alpha value is -2.70. The van der Waals surface area contributed by atoms with Crippen molar-refractivity contribution < 1.29 is 9.21 Å². The van der Waals surface area contributed by atoms with Crippen LogP contribution in [0.1, 0.15) is 10.6 Å². The maximum atomic E-state index is 10.6. The summed E-state index contributed by atoms with van der Waals surface area (Å²) in [6.07, 6.45) is 2.01. The minimum atomic E-state index is 0.235. The molecule has 0 saturated heterocycles. The Morgan fingerprint density at radius 1 is 1.39 bits per heavy atom. The molecule has 0 radical (unpaired) electrons. The van der Waals surface area contributed by atoms with Crippen molar-refractivity contribution in [3.05, 3.63) is 24.2 Å². The summed E-state index contributed by atoms with van der Waals surface area (Å²) < 4.78 is 6.93. The standard InChI is InChI=1S/C11H9N5O2/c1-16-11-8(10(12)13-5-14-11)9(15-16)7-3-2-6(4-17)18-7/h2-5H,1H3,(H2,12,13,14). The molecule has 0 amide bonds. The van der Waals surface area contributed by atoms with E-state index < -0.39 is 0 Å². The zero-order chi connectivity index (χ0) is 12.7. The quantitative estimate of drug-likeness (QED) is 0.674. The van der Waals surface area contributed by atoms with Crippen LogP contribution in [-0.4, -0.2) is 26.0 Å². The molecular weight excluding hydrogens is 234 g/mol. The van der Waals surface area contributed by atoms with Gasteiger partial charge in [0.15, 0.2) is 23.5 Å². The topological polar surface area (TPSA) is 99.8 Å². The predicted octanol–water partition coefficient (Wildman–Crippen LogP) is 1.02. The first kappa shape index (κ1) is 10.5. The van der Waals surface area contributed by atoms with Gasteiger partial charge in [-0.15, -0.1) is 0 Å². The van der Waals surface area contributed by atoms with Crippen molar-refractivity contribution in [1.29, 1.82) is 0 Å². The van der Waals surface area contributed by atoms with Crippen molar-refractivity contribution in [3.63, 3.8) is 0 Å². The molecular formula is C11H9N5O2. The summed E-state index contributed by atoms with van der Waals surface area (Å²) in [6, 6.07) is 3.24. The van der Waals surface area contributed by atoms with E-state index in [1.54, 1.807) is 23.9 Å². The van der Waals surface area contributed by atoms with E-state index in [-0.39, 0.29) is 5.76 Å². The summed E-state index contributed by atoms with van der Waals surface area (Å²) in [7, 11) is 1.75. The molecule has 0 atom stereocenters. The summed E-state index contributed by atoms with van der Waals surface area (Å²) >= 11 is 0. The Kier molecular flexibility index (Phi) is 2.12. The summed E-state index contributed by atoms with van der Waals surface area (Å²) in [6.45, 7) is 0. The van der Waals surface area contributed by atoms with E-state index in [0.29, 0.717) is 34.6 Å². The lowest BCUT2D eigenvalue weighted by Crippen LogP contribution is -1.95. The second kappa shape index (κ2) is 3.66. The Morgan fingerprint density at radius 2 is 2.22 bits per heavy atom. The van der Waals surface area contributed by atoms with E-state index in [1.165, 1.54) is 6.33 Å². The summed E-state index contributed by atoms with van der Waals surface area (Å²) in [5.74, 6) is 1.02. The van der Waals surface area contributed by atoms with Gasteiger partial charge in [0.25, 0.3) is 0 Å². The summed E-state index contributed by atoms with van der Waals surface area (Å²) in [5.41, 5.74) is 6.97. The van der Waals surface area contributed by atoms with Gasteiger partial charge in [0, 0.05) is 7.05 Å². The van der Waals surface area contributed by atoms with Gasteiger partial charge < -0.3 is 10.2 Å². The molecule has 0 fully saturated rings. The number of aromatic nitrogens is 4. The molecule has 3 aromatic heterocycles. The number of fused-ring (bicyclic) bond motifs is 1. The number of aldehydes is 1. The molecule has 0 aromatic carbocycles. The number of hydrogen-bond acceptors (Lipinski definition) is 6. The smallest absolute Gasteiger partial charge is 0.185 e. The molecule has 2 N–H and O–H groups in total. The fourth-order valence-corrected chi connectivity index (χ4v) is 1.83. The van der Waals surface area contributed by atoms with Crippen LogP contribution in [0.3, 0.4) is 0 Å². The van der Waals surface area contributed by atoms with Crippen molar-refractivity contribution >= 4 is 23.1 Å². The minimum Gasteiger partial charge on any atom is -0.452 e. The molecule has 7 nitrogen and oxygen atoms in total. The van der Waals surface area contributed by atoms with Gasteiger partial charge in [-0.1, -0.05) is 0 Å². The number of nitrogen functional groups attached to an aromatic ring is 1. The molecule has 0 aliphatic heterocycles. The fraction of sp³-hybridized carbons (Fsp3) is 0.0909. The number of nitrogens with zero attached hydrogens (tertiary/aromatic N) is 4. The number of carbonyl (C=O) groups excluding carboxylic acids is 1. The van der Waals surface area contributed by atoms with E-state index >= 15 is 0 Å². The highest BCUT2D eigenvalue weighted by atomic mass is 16.3. The first-order chi connectivity index (χ1) is 8.70. The predicted molar refractivity (Wildman–Crippen MR) is 63.8 cm³/mol. The van der Waals surface area contributed by atoms with E-state index in [1.807, 2.05) is 0 Å². The van der Waals surface area contributed by atoms with Crippen LogP contribution in [0.5, 0.6) is 0 Å². The number of anilines is 1. The minimum absolute atomic E-state index is 0.235. The average molecular weight is 243 g/mol. The zero-order valence-corrected chi connectivity index (χ0v) is 9.49. The monoisotopic (exact) mass is 243 g/mol. The van der Waals surface area contributed by atoms with E-state index in [4.69, 9.17) is 10.2 Å². The molecule has 7 heteroatoms. The van der Waals surface area contributed by atoms with E-state index in [9.17, 15) is 4.79 Å². The lowest BCUT2D eigenvalue weighted by Gasteiger charge is -1.95. The first-order valence-corrected chi connectivity index (χ1v) is 5.19. The second-order valence-electron chi connectivity index (χ2n) is 3.75. The molecule has 18 heavy (non-hydrogen) atoms. The van der Waals surface area contributed by atoms with E-state index in [2.05, 4.69) is 15.1 Å². The fourth-order valence-electron chi connectivity index (χ4n) is 1.83. The third-order valence-electron chi connectivity index (χ3n) is 2.63. The number of hydrogen-bond donors (Lipinski definition) is 1. The van der Waals surface area contributed by atoms with Crippen LogP contribution in [0.15, 0.2) is 22.9 Å². The van der Waals surface area contributed by atoms with Gasteiger partial charge in [-0.3, -0.25) is 4.79 Å². The van der Waals surface area contributed by atoms with Gasteiger partial charge in [0.1, 0.15) is 17.8 Å². The van der Waals surface area contributed by atoms with Gasteiger partial charge in [0.2, 0.25) is 0 Å². The third-order valence-corrected chi connectivity index (χ3v) is 2.63. The van der Waals surface area contributed by atoms with Crippen molar-refractivity contribution in [1.82, 2.24) is 19.7 Å². The third kappa shape index (κ3) is 1.37. The van der Waals surface area contributed by atoms with E-state index in [0.717, 1.165) is 0 Å². The van der Waals surface area contributed by atoms with Crippen molar-refractivity contribution in [2.24, 2.45) is 7.05 Å². The maximum absolute atomic E-state index is 10.6. The van der Waals surface area contributed by atoms with Crippen LogP contribution < -0.4 is 5.73 Å². The maximum Gasteiger partial charge on any atom is 0.185 e. The van der Waals surface area contributed by atoms with Crippen LogP contribution in [-0.2, 0) is 7.05 Å². The van der Waals surface area contributed by atoms with Crippen molar-refractivity contribution in [3.8, 4) is 11.5 Å². The SMILES string of the molecule is Cn1nc(-c2ccc(C=O)o2)c2c(N)ncnc21. The highest BCUT2D eigenvalue weighted by Crippen LogP contribution is 2.30. The molecule has 0 spiro atoms. The van der Waals surface area contributed by atoms with Crippen LogP contribution in [0, 0.1) is 0 Å². The lowest BCUT2D eigenvalue weighted by molar-refractivity contribution is 0.110. The molecule has 3 rings (SSSR count). The molecule has 3 aromatic rings. The number of aryl methyl sites for hydroxylation is 1. The summed E-state index contributed by atoms with van der Waals surface area (Å²) in [5, 5.41) is 4.91. The summed E-state index contributed by atoms with van der Waals surface area (Å²) in [4.78, 5) is 18.7. The van der Waals surface area contributed by atoms with Crippen molar-refractivity contribution in [2.45, 2.75) is 0 Å². The number of nitrogens with two attached hydrogens (primary N) is 1. The Balaban J connectivity index is 2.32. The second-order valence-corrected chi connectivity index (χ2v) is 3.75. The van der Waals surface area contributed by atoms with Crippen LogP contribution in [0.2, 0.25) is 0 Å². The molecule has 0 bridgehead atoms. The van der Waals surface area contributed by atoms with Crippen LogP contribution in [0.25, 0.3) is 22.5 Å². The van der Waals surface area contributed by atoms with Gasteiger partial charge in [-0.2, -0.15) is 5.10 Å². The molecule has 0 aliphatic carbocycles. The normalized spacial score (nSPS) is 10.9. The van der Waals surface area contributed by atoms with Crippen LogP contribution in [0.4, 0.5) is 5.82 Å². The first-order valence-electron chi connectivity index (χ1n) is 5.19. The van der Waals surface area contributed by atoms with Gasteiger partial charge >= 0.3 is 0 Å². The Morgan fingerprint density at radius 3 is 2.94 bits per heavy atom. The molecule has 90 valence electrons. The van der Waals surface area contributed by atoms with Crippen LogP contribution >= 0.6 is 0 Å². The molecule has 0 unspecified atom stereocenters. The average Bonchev–Trinajstić information content (AvgIpc) is 2.95. The largest absolute Gasteiger partial charge is 0.452 e. The number of carbonyl (C=O) groups is 1. The Bertz CT molecular complexity index is 743. The van der Waals surface area contributed by atoms with Gasteiger partial charge in [-0.25, -0.2) is 14.6 Å². The Labute approximate surface area is 101 Å². The zero-order valence-electron chi connectivity index (χ0n) is 9.49. The lowest BCUT2D eigenvalue weighted by atomic mass is 10.2. The molecule has 0 saturated carbocycles. The van der Waals surface area contributed by atoms with Crippen molar-refractivity contribution in [2.75, 3.05) is 5.73 Å². The molecule has 3 heterocycles. The highest BCUT2D eigenvalue weighted by molar-refractivity contribution is 5.97. The molecule has 0 aliphatic rings. The number of furan rings is 1. The van der Waals surface area contributed by atoms with Gasteiger partial charge in [0.05, 0.1) is 5.39 Å². The highest BCUT2D eigenvalue weighted by Gasteiger charge is 2.17.